The Labute approximate surface area is 408 Å². The van der Waals surface area contributed by atoms with Crippen LogP contribution in [0.15, 0.2) is 261 Å². The molecular weight excluding hydrogens is 849 g/mol. The van der Waals surface area contributed by atoms with Gasteiger partial charge in [-0.25, -0.2) is 0 Å². The molecule has 2 aliphatic rings. The first-order valence-electron chi connectivity index (χ1n) is 24.6. The summed E-state index contributed by atoms with van der Waals surface area (Å²) in [7, 11) is 0. The summed E-state index contributed by atoms with van der Waals surface area (Å²) < 4.78 is 4.81. The van der Waals surface area contributed by atoms with Crippen molar-refractivity contribution in [2.45, 2.75) is 25.7 Å². The number of allylic oxidation sites excluding steroid dienone is 7. The Bertz CT molecular complexity index is 3890. The number of rotatable bonds is 10. The van der Waals surface area contributed by atoms with Gasteiger partial charge in [0.25, 0.3) is 0 Å². The fourth-order valence-corrected chi connectivity index (χ4v) is 11.0. The largest absolute Gasteiger partial charge is 0.311 e. The minimum absolute atomic E-state index is 0.991. The van der Waals surface area contributed by atoms with Crippen molar-refractivity contribution in [1.82, 2.24) is 9.13 Å². The minimum Gasteiger partial charge on any atom is -0.311 e. The second-order valence-electron chi connectivity index (χ2n) is 18.3. The number of hydrogen-bond donors (Lipinski definition) is 0. The molecule has 9 aromatic carbocycles. The smallest absolute Gasteiger partial charge is 0.0561 e. The van der Waals surface area contributed by atoms with Crippen LogP contribution in [0.5, 0.6) is 0 Å². The Morgan fingerprint density at radius 3 is 1.26 bits per heavy atom. The van der Waals surface area contributed by atoms with E-state index in [-0.39, 0.29) is 0 Å². The Balaban J connectivity index is 0.902. The summed E-state index contributed by atoms with van der Waals surface area (Å²) in [6, 6.07) is 82.0. The van der Waals surface area contributed by atoms with Crippen molar-refractivity contribution in [2.75, 3.05) is 9.80 Å². The SMILES string of the molecule is C1=CC(N(c2cccc(C3=CCCC=C3c3cccc(N(c4ccccc4)c4ccc5c6ccccc6n(-c6ccccc6)c5c4)c3)c2)c2ccc3c4ccccc4n(-c4ccccc4)c3c2)=CCC1. The maximum absolute atomic E-state index is 2.45. The lowest BCUT2D eigenvalue weighted by Gasteiger charge is -2.29. The third-order valence-corrected chi connectivity index (χ3v) is 14.1. The number of anilines is 5. The third kappa shape index (κ3) is 7.24. The zero-order valence-corrected chi connectivity index (χ0v) is 38.9. The average molecular weight is 899 g/mol. The van der Waals surface area contributed by atoms with E-state index in [1.54, 1.807) is 0 Å². The van der Waals surface area contributed by atoms with Crippen LogP contribution in [0.3, 0.4) is 0 Å². The van der Waals surface area contributed by atoms with Gasteiger partial charge in [0.15, 0.2) is 0 Å². The standard InChI is InChI=1S/C66H50N4/c1-5-23-49(24-6-1)67(55-39-41-61-59-35-15-17-37-63(59)69(65(61)45-55)51-27-9-3-10-28-51)53-31-19-21-47(43-53)57-33-13-14-34-58(57)48-22-20-32-54(44-48)68(50-25-7-2-8-26-50)56-40-42-62-60-36-16-18-38-64(60)70(66(62)46-56)52-29-11-4-12-30-52/h1,3-7,9-12,15-46H,2,8,13-14H2. The Kier molecular flexibility index (Phi) is 10.4. The lowest BCUT2D eigenvalue weighted by Crippen LogP contribution is -2.16. The second kappa shape index (κ2) is 17.7. The van der Waals surface area contributed by atoms with E-state index in [2.05, 4.69) is 274 Å². The van der Waals surface area contributed by atoms with Crippen LogP contribution < -0.4 is 9.80 Å². The van der Waals surface area contributed by atoms with Gasteiger partial charge < -0.3 is 18.9 Å². The van der Waals surface area contributed by atoms with Gasteiger partial charge in [-0.2, -0.15) is 0 Å². The molecule has 0 atom stereocenters. The lowest BCUT2D eigenvalue weighted by atomic mass is 9.87. The number of para-hydroxylation sites is 5. The van der Waals surface area contributed by atoms with E-state index in [1.165, 1.54) is 71.6 Å². The first-order valence-corrected chi connectivity index (χ1v) is 24.6. The van der Waals surface area contributed by atoms with E-state index >= 15 is 0 Å². The Morgan fingerprint density at radius 1 is 0.300 bits per heavy atom. The van der Waals surface area contributed by atoms with Crippen molar-refractivity contribution in [3.63, 3.8) is 0 Å². The summed E-state index contributed by atoms with van der Waals surface area (Å²) in [4.78, 5) is 4.85. The fraction of sp³-hybridized carbons (Fsp3) is 0.0606. The second-order valence-corrected chi connectivity index (χ2v) is 18.3. The molecule has 0 N–H and O–H groups in total. The van der Waals surface area contributed by atoms with Crippen LogP contribution in [0.4, 0.5) is 28.4 Å². The summed E-state index contributed by atoms with van der Waals surface area (Å²) in [5.41, 5.74) is 18.8. The lowest BCUT2D eigenvalue weighted by molar-refractivity contribution is 0.997. The monoisotopic (exact) mass is 898 g/mol. The molecule has 334 valence electrons. The van der Waals surface area contributed by atoms with Crippen LogP contribution in [0.1, 0.15) is 36.8 Å². The van der Waals surface area contributed by atoms with Gasteiger partial charge in [-0.05, 0) is 151 Å². The van der Waals surface area contributed by atoms with Crippen LogP contribution in [0.2, 0.25) is 0 Å². The fourth-order valence-electron chi connectivity index (χ4n) is 11.0. The highest BCUT2D eigenvalue weighted by atomic mass is 15.2. The molecule has 0 aliphatic heterocycles. The van der Waals surface area contributed by atoms with Crippen molar-refractivity contribution < 1.29 is 0 Å². The molecule has 0 fully saturated rings. The summed E-state index contributed by atoms with van der Waals surface area (Å²) in [5.74, 6) is 0. The third-order valence-electron chi connectivity index (χ3n) is 14.1. The van der Waals surface area contributed by atoms with E-state index in [4.69, 9.17) is 0 Å². The maximum atomic E-state index is 2.45. The molecule has 2 aliphatic carbocycles. The molecular formula is C66H50N4. The number of nitrogens with zero attached hydrogens (tertiary/aromatic N) is 4. The molecule has 0 saturated carbocycles. The highest BCUT2D eigenvalue weighted by Gasteiger charge is 2.23. The molecule has 0 amide bonds. The maximum Gasteiger partial charge on any atom is 0.0561 e. The van der Waals surface area contributed by atoms with E-state index in [0.29, 0.717) is 0 Å². The van der Waals surface area contributed by atoms with Gasteiger partial charge in [-0.15, -0.1) is 0 Å². The molecule has 2 aromatic heterocycles. The molecule has 11 aromatic rings. The summed E-state index contributed by atoms with van der Waals surface area (Å²) in [5, 5.41) is 4.98. The van der Waals surface area contributed by atoms with E-state index in [1.807, 2.05) is 0 Å². The van der Waals surface area contributed by atoms with Gasteiger partial charge in [0.2, 0.25) is 0 Å². The van der Waals surface area contributed by atoms with Crippen molar-refractivity contribution in [1.29, 1.82) is 0 Å². The molecule has 70 heavy (non-hydrogen) atoms. The number of aromatic nitrogens is 2. The molecule has 13 rings (SSSR count). The Morgan fingerprint density at radius 2 is 0.729 bits per heavy atom. The van der Waals surface area contributed by atoms with Crippen molar-refractivity contribution >= 4 is 83.2 Å². The summed E-state index contributed by atoms with van der Waals surface area (Å²) >= 11 is 0. The molecule has 4 heteroatoms. The highest BCUT2D eigenvalue weighted by Crippen LogP contribution is 2.44. The number of fused-ring (bicyclic) bond motifs is 6. The van der Waals surface area contributed by atoms with Gasteiger partial charge in [0, 0.05) is 67.1 Å². The predicted octanol–water partition coefficient (Wildman–Crippen LogP) is 18.0. The van der Waals surface area contributed by atoms with Gasteiger partial charge in [0.05, 0.1) is 22.1 Å². The van der Waals surface area contributed by atoms with Crippen LogP contribution in [-0.2, 0) is 0 Å². The zero-order valence-electron chi connectivity index (χ0n) is 38.9. The summed E-state index contributed by atoms with van der Waals surface area (Å²) in [6.07, 6.45) is 15.9. The van der Waals surface area contributed by atoms with Crippen LogP contribution >= 0.6 is 0 Å². The van der Waals surface area contributed by atoms with Gasteiger partial charge >= 0.3 is 0 Å². The van der Waals surface area contributed by atoms with Crippen molar-refractivity contribution in [3.8, 4) is 11.4 Å². The quantitative estimate of drug-likeness (QED) is 0.136. The first kappa shape index (κ1) is 41.3. The minimum atomic E-state index is 0.991. The molecule has 0 radical (unpaired) electrons. The van der Waals surface area contributed by atoms with Gasteiger partial charge in [-0.1, -0.05) is 152 Å². The highest BCUT2D eigenvalue weighted by molar-refractivity contribution is 6.12. The van der Waals surface area contributed by atoms with Crippen LogP contribution in [-0.4, -0.2) is 9.13 Å². The molecule has 2 heterocycles. The van der Waals surface area contributed by atoms with Crippen molar-refractivity contribution in [3.05, 3.63) is 272 Å². The van der Waals surface area contributed by atoms with E-state index in [0.717, 1.165) is 65.5 Å². The molecule has 0 saturated heterocycles. The van der Waals surface area contributed by atoms with Crippen LogP contribution in [0, 0.1) is 0 Å². The normalized spacial score (nSPS) is 13.7. The van der Waals surface area contributed by atoms with Crippen LogP contribution in [0.25, 0.3) is 66.1 Å². The topological polar surface area (TPSA) is 16.3 Å². The molecule has 0 unspecified atom stereocenters. The van der Waals surface area contributed by atoms with E-state index in [9.17, 15) is 0 Å². The predicted molar refractivity (Wildman–Crippen MR) is 296 cm³/mol. The van der Waals surface area contributed by atoms with Gasteiger partial charge in [0.1, 0.15) is 0 Å². The number of hydrogen-bond acceptors (Lipinski definition) is 2. The number of benzene rings is 9. The zero-order chi connectivity index (χ0) is 46.4. The van der Waals surface area contributed by atoms with E-state index < -0.39 is 0 Å². The molecule has 4 nitrogen and oxygen atoms in total. The Hall–Kier alpha value is -8.86. The van der Waals surface area contributed by atoms with Crippen molar-refractivity contribution in [2.24, 2.45) is 0 Å². The average Bonchev–Trinajstić information content (AvgIpc) is 3.94. The molecule has 0 spiro atoms. The van der Waals surface area contributed by atoms with Gasteiger partial charge in [-0.3, -0.25) is 0 Å². The summed E-state index contributed by atoms with van der Waals surface area (Å²) in [6.45, 7) is 0. The molecule has 0 bridgehead atoms. The first-order chi connectivity index (χ1) is 34.7.